The number of halogens is 4. The summed E-state index contributed by atoms with van der Waals surface area (Å²) in [5.74, 6) is -1.56. The molecule has 1 aromatic carbocycles. The number of aliphatic imine (C=N–C) groups is 1. The van der Waals surface area contributed by atoms with E-state index in [0.717, 1.165) is 0 Å². The van der Waals surface area contributed by atoms with Crippen LogP contribution >= 0.6 is 11.6 Å². The van der Waals surface area contributed by atoms with E-state index in [0.29, 0.717) is 5.69 Å². The predicted molar refractivity (Wildman–Crippen MR) is 100.0 cm³/mol. The van der Waals surface area contributed by atoms with Crippen molar-refractivity contribution in [2.24, 2.45) is 10.9 Å². The molecule has 0 bridgehead atoms. The molecule has 146 valence electrons. The lowest BCUT2D eigenvalue weighted by molar-refractivity contribution is -0.202. The highest BCUT2D eigenvalue weighted by atomic mass is 35.5. The highest BCUT2D eigenvalue weighted by molar-refractivity contribution is 6.41. The third kappa shape index (κ3) is 2.80. The largest absolute Gasteiger partial charge is 0.399 e. The Morgan fingerprint density at radius 3 is 2.75 bits per heavy atom. The highest BCUT2D eigenvalue weighted by Crippen LogP contribution is 2.56. The molecule has 1 saturated heterocycles. The third-order valence-electron chi connectivity index (χ3n) is 5.62. The molecular weight excluding hydrogens is 391 g/mol. The van der Waals surface area contributed by atoms with Crippen LogP contribution in [0.15, 0.2) is 47.6 Å². The Hall–Kier alpha value is -2.41. The van der Waals surface area contributed by atoms with Crippen LogP contribution in [0.25, 0.3) is 0 Å². The summed E-state index contributed by atoms with van der Waals surface area (Å²) in [6, 6.07) is 9.14. The summed E-state index contributed by atoms with van der Waals surface area (Å²) in [4.78, 5) is 22.6. The number of benzene rings is 1. The molecule has 8 heteroatoms. The van der Waals surface area contributed by atoms with Gasteiger partial charge in [-0.15, -0.1) is 0 Å². The van der Waals surface area contributed by atoms with Crippen molar-refractivity contribution in [3.63, 3.8) is 0 Å². The molecule has 2 aliphatic heterocycles. The number of carbonyl (C=O) groups is 1. The Bertz CT molecular complexity index is 961. The molecule has 1 amide bonds. The van der Waals surface area contributed by atoms with E-state index in [1.807, 2.05) is 0 Å². The average molecular weight is 408 g/mol. The first-order valence-electron chi connectivity index (χ1n) is 8.85. The van der Waals surface area contributed by atoms with Crippen LogP contribution < -0.4 is 0 Å². The molecule has 0 radical (unpaired) electrons. The maximum Gasteiger partial charge on any atom is 0.399 e. The van der Waals surface area contributed by atoms with Crippen molar-refractivity contribution in [1.82, 2.24) is 9.88 Å². The predicted octanol–water partition coefficient (Wildman–Crippen LogP) is 4.34. The number of aromatic nitrogens is 1. The lowest BCUT2D eigenvalue weighted by Crippen LogP contribution is -2.59. The summed E-state index contributed by atoms with van der Waals surface area (Å²) in [7, 11) is 1.58. The normalized spacial score (nSPS) is 24.5. The second kappa shape index (κ2) is 6.58. The molecule has 0 N–H and O–H groups in total. The van der Waals surface area contributed by atoms with Crippen LogP contribution in [0.2, 0.25) is 5.02 Å². The number of likely N-dealkylation sites (tertiary alicyclic amines) is 1. The first-order chi connectivity index (χ1) is 13.2. The molecule has 28 heavy (non-hydrogen) atoms. The van der Waals surface area contributed by atoms with Crippen LogP contribution in [0.3, 0.4) is 0 Å². The lowest BCUT2D eigenvalue weighted by Gasteiger charge is -2.48. The minimum Gasteiger partial charge on any atom is -0.341 e. The summed E-state index contributed by atoms with van der Waals surface area (Å²) in [6.45, 7) is 0.235. The maximum absolute atomic E-state index is 14.8. The van der Waals surface area contributed by atoms with E-state index < -0.39 is 23.4 Å². The van der Waals surface area contributed by atoms with E-state index in [-0.39, 0.29) is 41.4 Å². The fourth-order valence-corrected chi connectivity index (χ4v) is 4.42. The molecule has 0 aliphatic carbocycles. The number of rotatable bonds is 2. The Balaban J connectivity index is 2.01. The van der Waals surface area contributed by atoms with Crippen LogP contribution in [0.4, 0.5) is 18.9 Å². The van der Waals surface area contributed by atoms with E-state index in [1.165, 1.54) is 29.3 Å². The van der Waals surface area contributed by atoms with Crippen molar-refractivity contribution in [1.29, 1.82) is 0 Å². The first-order valence-corrected chi connectivity index (χ1v) is 9.22. The van der Waals surface area contributed by atoms with Crippen molar-refractivity contribution in [2.45, 2.75) is 24.4 Å². The van der Waals surface area contributed by atoms with Gasteiger partial charge in [-0.1, -0.05) is 17.7 Å². The van der Waals surface area contributed by atoms with Crippen LogP contribution in [-0.2, 0) is 16.6 Å². The van der Waals surface area contributed by atoms with Gasteiger partial charge in [0.25, 0.3) is 5.91 Å². The number of fused-ring (bicyclic) bond motifs is 2. The summed E-state index contributed by atoms with van der Waals surface area (Å²) in [5.41, 5.74) is -1.93. The number of hydrogen-bond acceptors (Lipinski definition) is 3. The molecule has 1 aromatic heterocycles. The second-order valence-electron chi connectivity index (χ2n) is 7.19. The van der Waals surface area contributed by atoms with Crippen molar-refractivity contribution in [2.75, 3.05) is 13.6 Å². The number of amides is 1. The second-order valence-corrected chi connectivity index (χ2v) is 7.63. The van der Waals surface area contributed by atoms with Gasteiger partial charge in [-0.25, -0.2) is 4.99 Å². The van der Waals surface area contributed by atoms with Crippen molar-refractivity contribution < 1.29 is 18.0 Å². The van der Waals surface area contributed by atoms with E-state index in [1.54, 1.807) is 25.2 Å². The Kier molecular flexibility index (Phi) is 4.45. The molecule has 2 atom stereocenters. The van der Waals surface area contributed by atoms with Gasteiger partial charge in [0.15, 0.2) is 0 Å². The van der Waals surface area contributed by atoms with Crippen molar-refractivity contribution in [3.8, 4) is 0 Å². The van der Waals surface area contributed by atoms with Crippen molar-refractivity contribution >= 4 is 28.9 Å². The van der Waals surface area contributed by atoms with Gasteiger partial charge < -0.3 is 4.90 Å². The molecule has 3 heterocycles. The number of hydrogen-bond donors (Lipinski definition) is 0. The topological polar surface area (TPSA) is 45.6 Å². The van der Waals surface area contributed by atoms with Gasteiger partial charge in [0.05, 0.1) is 5.69 Å². The number of nitrogens with zero attached hydrogens (tertiary/aromatic N) is 3. The van der Waals surface area contributed by atoms with Crippen LogP contribution in [0, 0.1) is 5.92 Å². The van der Waals surface area contributed by atoms with E-state index >= 15 is 0 Å². The minimum absolute atomic E-state index is 0.00394. The quantitative estimate of drug-likeness (QED) is 0.743. The number of pyridine rings is 1. The molecule has 0 saturated carbocycles. The number of carbonyl (C=O) groups excluding carboxylic acids is 1. The summed E-state index contributed by atoms with van der Waals surface area (Å²) >= 11 is 6.08. The molecule has 2 unspecified atom stereocenters. The summed E-state index contributed by atoms with van der Waals surface area (Å²) in [5, 5.41) is 0.200. The van der Waals surface area contributed by atoms with Crippen LogP contribution in [-0.4, -0.2) is 41.3 Å². The molecule has 2 aliphatic rings. The van der Waals surface area contributed by atoms with Gasteiger partial charge in [-0.2, -0.15) is 13.2 Å². The zero-order valence-corrected chi connectivity index (χ0v) is 15.8. The van der Waals surface area contributed by atoms with Gasteiger partial charge in [0.2, 0.25) is 0 Å². The molecule has 1 fully saturated rings. The zero-order chi connectivity index (χ0) is 20.1. The minimum atomic E-state index is -4.63. The Morgan fingerprint density at radius 2 is 2.07 bits per heavy atom. The maximum atomic E-state index is 14.8. The Labute approximate surface area is 165 Å². The van der Waals surface area contributed by atoms with Crippen molar-refractivity contribution in [3.05, 3.63) is 58.9 Å². The van der Waals surface area contributed by atoms with Crippen LogP contribution in [0.1, 0.15) is 17.7 Å². The molecular formula is C20H17ClF3N3O. The monoisotopic (exact) mass is 407 g/mol. The van der Waals surface area contributed by atoms with E-state index in [2.05, 4.69) is 9.98 Å². The summed E-state index contributed by atoms with van der Waals surface area (Å²) in [6.07, 6.45) is -3.38. The van der Waals surface area contributed by atoms with Gasteiger partial charge in [-0.3, -0.25) is 9.78 Å². The lowest BCUT2D eigenvalue weighted by atomic mass is 9.61. The third-order valence-corrected chi connectivity index (χ3v) is 5.85. The van der Waals surface area contributed by atoms with E-state index in [9.17, 15) is 18.0 Å². The van der Waals surface area contributed by atoms with Gasteiger partial charge in [0.1, 0.15) is 11.1 Å². The van der Waals surface area contributed by atoms with Gasteiger partial charge in [-0.05, 0) is 42.3 Å². The van der Waals surface area contributed by atoms with Gasteiger partial charge >= 0.3 is 6.18 Å². The molecule has 0 spiro atoms. The smallest absolute Gasteiger partial charge is 0.341 e. The SMILES string of the molecule is CN1CCC2C(=Nc3ccc(Cl)cc3C2(Cc2ccccn2)C(F)(F)F)C1=O. The van der Waals surface area contributed by atoms with Crippen LogP contribution in [0.5, 0.6) is 0 Å². The molecule has 4 nitrogen and oxygen atoms in total. The fourth-order valence-electron chi connectivity index (χ4n) is 4.25. The average Bonchev–Trinajstić information content (AvgIpc) is 2.65. The highest BCUT2D eigenvalue weighted by Gasteiger charge is 2.65. The van der Waals surface area contributed by atoms with E-state index in [4.69, 9.17) is 11.6 Å². The fraction of sp³-hybridized carbons (Fsp3) is 0.350. The van der Waals surface area contributed by atoms with Gasteiger partial charge in [0, 0.05) is 42.8 Å². The molecule has 2 aromatic rings. The summed E-state index contributed by atoms with van der Waals surface area (Å²) < 4.78 is 44.5. The Morgan fingerprint density at radius 1 is 1.29 bits per heavy atom. The first kappa shape index (κ1) is 18.9. The number of alkyl halides is 3. The molecule has 4 rings (SSSR count). The standard InChI is InChI=1S/C20H17ClF3N3O/c1-27-9-7-14-17(18(27)28)26-16-6-5-12(21)10-15(16)19(14,20(22,23)24)11-13-4-2-3-8-25-13/h2-6,8,10,14H,7,9,11H2,1H3. The zero-order valence-electron chi connectivity index (χ0n) is 15.0. The number of piperidine rings is 1.